The molecule has 0 aliphatic carbocycles. The van der Waals surface area contributed by atoms with E-state index >= 15 is 0 Å². The number of thiazole rings is 1. The minimum Gasteiger partial charge on any atom is -0.319 e. The Labute approximate surface area is 244 Å². The molecule has 0 unspecified atom stereocenters. The Balaban J connectivity index is 1.23. The number of anilines is 1. The number of nitrogens with one attached hydrogen (secondary N) is 1. The second-order valence-corrected chi connectivity index (χ2v) is 14.1. The van der Waals surface area contributed by atoms with Crippen LogP contribution in [0.25, 0.3) is 11.1 Å². The first-order chi connectivity index (χ1) is 19.5. The third-order valence-electron chi connectivity index (χ3n) is 7.43. The predicted octanol–water partition coefficient (Wildman–Crippen LogP) is 5.20. The van der Waals surface area contributed by atoms with Gasteiger partial charge in [0.2, 0.25) is 5.91 Å². The standard InChI is InChI=1S/C31H34N4O4S2/c1-5-41(38,39)25-12-8-21(9-13-25)16-27(36)32-31-33-29-26(40-31)19-35(30(29)20(2)3)18-22-6-10-23(11-7-22)24-14-15-34(4)28(37)17-24/h6-15,17,20,30H,5,16,18-19H2,1-4H3,(H,32,33,36)/t30-/m0/s1. The minimum atomic E-state index is -3.27. The molecule has 1 aliphatic rings. The number of aryl methyl sites for hydroxylation is 1. The molecule has 0 fully saturated rings. The molecule has 1 aliphatic heterocycles. The molecule has 41 heavy (non-hydrogen) atoms. The summed E-state index contributed by atoms with van der Waals surface area (Å²) < 4.78 is 25.6. The molecule has 4 aromatic rings. The lowest BCUT2D eigenvalue weighted by Crippen LogP contribution is -2.26. The number of amides is 1. The Morgan fingerprint density at radius 3 is 2.37 bits per heavy atom. The van der Waals surface area contributed by atoms with Crippen molar-refractivity contribution in [2.75, 3.05) is 11.1 Å². The molecule has 0 spiro atoms. The van der Waals surface area contributed by atoms with Gasteiger partial charge in [-0.25, -0.2) is 13.4 Å². The lowest BCUT2D eigenvalue weighted by molar-refractivity contribution is -0.115. The van der Waals surface area contributed by atoms with E-state index in [0.29, 0.717) is 11.0 Å². The minimum absolute atomic E-state index is 0.0312. The second-order valence-electron chi connectivity index (χ2n) is 10.8. The van der Waals surface area contributed by atoms with Crippen LogP contribution >= 0.6 is 11.3 Å². The molecule has 0 bridgehead atoms. The number of fused-ring (bicyclic) bond motifs is 1. The average Bonchev–Trinajstić information content (AvgIpc) is 3.47. The number of nitrogens with zero attached hydrogens (tertiary/aromatic N) is 3. The fraction of sp³-hybridized carbons (Fsp3) is 0.323. The Morgan fingerprint density at radius 2 is 1.73 bits per heavy atom. The van der Waals surface area contributed by atoms with Crippen LogP contribution < -0.4 is 10.9 Å². The third-order valence-corrected chi connectivity index (χ3v) is 10.2. The Bertz CT molecular complexity index is 1720. The van der Waals surface area contributed by atoms with Gasteiger partial charge in [-0.15, -0.1) is 11.3 Å². The molecule has 3 heterocycles. The molecule has 1 N–H and O–H groups in total. The van der Waals surface area contributed by atoms with E-state index in [4.69, 9.17) is 4.98 Å². The summed E-state index contributed by atoms with van der Waals surface area (Å²) in [6, 6.07) is 18.6. The first kappa shape index (κ1) is 28.9. The molecule has 0 radical (unpaired) electrons. The van der Waals surface area contributed by atoms with E-state index in [0.717, 1.165) is 40.4 Å². The van der Waals surface area contributed by atoms with Gasteiger partial charge in [0.25, 0.3) is 5.56 Å². The van der Waals surface area contributed by atoms with Gasteiger partial charge in [-0.1, -0.05) is 57.2 Å². The summed E-state index contributed by atoms with van der Waals surface area (Å²) in [5.41, 5.74) is 4.83. The maximum atomic E-state index is 12.7. The van der Waals surface area contributed by atoms with Crippen LogP contribution in [-0.2, 0) is 41.2 Å². The summed E-state index contributed by atoms with van der Waals surface area (Å²) in [6.45, 7) is 7.52. The molecule has 0 saturated carbocycles. The number of hydrogen-bond acceptors (Lipinski definition) is 7. The molecule has 1 atom stereocenters. The van der Waals surface area contributed by atoms with E-state index in [9.17, 15) is 18.0 Å². The van der Waals surface area contributed by atoms with E-state index in [-0.39, 0.29) is 34.6 Å². The summed E-state index contributed by atoms with van der Waals surface area (Å²) in [5.74, 6) is 0.192. The first-order valence-electron chi connectivity index (χ1n) is 13.6. The van der Waals surface area contributed by atoms with E-state index < -0.39 is 9.84 Å². The van der Waals surface area contributed by atoms with Gasteiger partial charge in [-0.3, -0.25) is 14.5 Å². The average molecular weight is 591 g/mol. The number of pyridine rings is 1. The van der Waals surface area contributed by atoms with Crippen molar-refractivity contribution in [3.05, 3.63) is 98.9 Å². The molecular weight excluding hydrogens is 556 g/mol. The maximum Gasteiger partial charge on any atom is 0.250 e. The molecule has 8 nitrogen and oxygen atoms in total. The SMILES string of the molecule is CCS(=O)(=O)c1ccc(CC(=O)Nc2nc3c(s2)CN(Cc2ccc(-c4ccn(C)c(=O)c4)cc2)[C@H]3C(C)C)cc1. The van der Waals surface area contributed by atoms with Gasteiger partial charge in [0, 0.05) is 37.3 Å². The topological polar surface area (TPSA) is 101 Å². The third kappa shape index (κ3) is 6.34. The van der Waals surface area contributed by atoms with Crippen LogP contribution in [0.4, 0.5) is 5.13 Å². The van der Waals surface area contributed by atoms with Crippen molar-refractivity contribution in [1.29, 1.82) is 0 Å². The van der Waals surface area contributed by atoms with Crippen LogP contribution in [-0.4, -0.2) is 34.5 Å². The van der Waals surface area contributed by atoms with Crippen LogP contribution in [0.5, 0.6) is 0 Å². The highest BCUT2D eigenvalue weighted by atomic mass is 32.2. The molecule has 10 heteroatoms. The largest absolute Gasteiger partial charge is 0.319 e. The lowest BCUT2D eigenvalue weighted by Gasteiger charge is -2.27. The van der Waals surface area contributed by atoms with Crippen molar-refractivity contribution >= 4 is 32.2 Å². The van der Waals surface area contributed by atoms with Gasteiger partial charge >= 0.3 is 0 Å². The van der Waals surface area contributed by atoms with Crippen LogP contribution in [0.1, 0.15) is 48.5 Å². The Hall–Kier alpha value is -3.60. The van der Waals surface area contributed by atoms with Crippen molar-refractivity contribution in [2.24, 2.45) is 13.0 Å². The van der Waals surface area contributed by atoms with Crippen LogP contribution in [0.15, 0.2) is 76.6 Å². The van der Waals surface area contributed by atoms with Gasteiger partial charge in [0.05, 0.1) is 28.8 Å². The number of aromatic nitrogens is 2. The van der Waals surface area contributed by atoms with Crippen molar-refractivity contribution in [1.82, 2.24) is 14.5 Å². The summed E-state index contributed by atoms with van der Waals surface area (Å²) in [7, 11) is -1.53. The number of carbonyl (C=O) groups excluding carboxylic acids is 1. The smallest absolute Gasteiger partial charge is 0.250 e. The van der Waals surface area contributed by atoms with Crippen LogP contribution in [0, 0.1) is 5.92 Å². The highest BCUT2D eigenvalue weighted by Crippen LogP contribution is 2.43. The van der Waals surface area contributed by atoms with Crippen LogP contribution in [0.3, 0.4) is 0 Å². The maximum absolute atomic E-state index is 12.7. The monoisotopic (exact) mass is 590 g/mol. The van der Waals surface area contributed by atoms with Gasteiger partial charge in [0.15, 0.2) is 15.0 Å². The van der Waals surface area contributed by atoms with E-state index in [1.807, 2.05) is 6.07 Å². The van der Waals surface area contributed by atoms with Crippen molar-refractivity contribution in [3.63, 3.8) is 0 Å². The quantitative estimate of drug-likeness (QED) is 0.288. The molecule has 5 rings (SSSR count). The number of carbonyl (C=O) groups is 1. The molecule has 1 amide bonds. The zero-order valence-electron chi connectivity index (χ0n) is 23.6. The fourth-order valence-corrected chi connectivity index (χ4v) is 7.13. The summed E-state index contributed by atoms with van der Waals surface area (Å²) >= 11 is 1.51. The fourth-order valence-electron chi connectivity index (χ4n) is 5.20. The second kappa shape index (κ2) is 11.7. The van der Waals surface area contributed by atoms with Crippen LogP contribution in [0.2, 0.25) is 0 Å². The van der Waals surface area contributed by atoms with Crippen molar-refractivity contribution < 1.29 is 13.2 Å². The number of benzene rings is 2. The molecule has 2 aromatic carbocycles. The van der Waals surface area contributed by atoms with Gasteiger partial charge in [0.1, 0.15) is 0 Å². The highest BCUT2D eigenvalue weighted by molar-refractivity contribution is 7.91. The normalized spacial score (nSPS) is 15.3. The molecule has 214 valence electrons. The zero-order valence-corrected chi connectivity index (χ0v) is 25.3. The Morgan fingerprint density at radius 1 is 1.05 bits per heavy atom. The Kier molecular flexibility index (Phi) is 8.26. The highest BCUT2D eigenvalue weighted by Gasteiger charge is 2.36. The predicted molar refractivity (Wildman–Crippen MR) is 163 cm³/mol. The van der Waals surface area contributed by atoms with Gasteiger partial charge in [-0.2, -0.15) is 0 Å². The molecule has 2 aromatic heterocycles. The van der Waals surface area contributed by atoms with E-state index in [1.54, 1.807) is 55.1 Å². The molecular formula is C31H34N4O4S2. The van der Waals surface area contributed by atoms with Crippen molar-refractivity contribution in [2.45, 2.75) is 51.2 Å². The van der Waals surface area contributed by atoms with E-state index in [1.165, 1.54) is 16.9 Å². The lowest BCUT2D eigenvalue weighted by atomic mass is 10.0. The summed E-state index contributed by atoms with van der Waals surface area (Å²) in [4.78, 5) is 33.4. The van der Waals surface area contributed by atoms with Gasteiger partial charge < -0.3 is 9.88 Å². The summed E-state index contributed by atoms with van der Waals surface area (Å²) in [6.07, 6.45) is 1.92. The first-order valence-corrected chi connectivity index (χ1v) is 16.1. The van der Waals surface area contributed by atoms with Crippen molar-refractivity contribution in [3.8, 4) is 11.1 Å². The zero-order chi connectivity index (χ0) is 29.3. The van der Waals surface area contributed by atoms with Gasteiger partial charge in [-0.05, 0) is 46.4 Å². The summed E-state index contributed by atoms with van der Waals surface area (Å²) in [5, 5.41) is 3.53. The molecule has 0 saturated heterocycles. The number of sulfone groups is 1. The number of hydrogen-bond donors (Lipinski definition) is 1. The number of rotatable bonds is 9. The van der Waals surface area contributed by atoms with E-state index in [2.05, 4.69) is 48.3 Å².